The summed E-state index contributed by atoms with van der Waals surface area (Å²) >= 11 is 0. The maximum Gasteiger partial charge on any atom is 0.414 e. The van der Waals surface area contributed by atoms with Crippen molar-refractivity contribution in [1.29, 1.82) is 0 Å². The van der Waals surface area contributed by atoms with Gasteiger partial charge in [0.1, 0.15) is 5.60 Å². The van der Waals surface area contributed by atoms with Crippen LogP contribution in [0.5, 0.6) is 0 Å². The molecule has 0 aliphatic carbocycles. The molecule has 1 amide bonds. The van der Waals surface area contributed by atoms with E-state index in [1.165, 1.54) is 12.1 Å². The number of nitro benzene ring substituents is 1. The quantitative estimate of drug-likeness (QED) is 0.589. The van der Waals surface area contributed by atoms with E-state index in [1.807, 2.05) is 20.8 Å². The second-order valence-corrected chi connectivity index (χ2v) is 7.31. The van der Waals surface area contributed by atoms with E-state index in [1.54, 1.807) is 17.9 Å². The minimum Gasteiger partial charge on any atom is -0.443 e. The molecule has 26 heavy (non-hydrogen) atoms. The zero-order valence-electron chi connectivity index (χ0n) is 15.9. The summed E-state index contributed by atoms with van der Waals surface area (Å²) in [6.07, 6.45) is -0.456. The fraction of sp³-hybridized carbons (Fsp3) is 0.611. The Morgan fingerprint density at radius 3 is 2.54 bits per heavy atom. The summed E-state index contributed by atoms with van der Waals surface area (Å²) in [5.41, 5.74) is 0.664. The highest BCUT2D eigenvalue weighted by Crippen LogP contribution is 2.26. The minimum atomic E-state index is -0.622. The van der Waals surface area contributed by atoms with E-state index >= 15 is 0 Å². The number of morpholine rings is 1. The number of benzene rings is 1. The van der Waals surface area contributed by atoms with E-state index < -0.39 is 16.6 Å². The summed E-state index contributed by atoms with van der Waals surface area (Å²) in [5, 5.41) is 11.0. The molecule has 1 aromatic carbocycles. The number of ether oxygens (including phenoxy) is 2. The third-order valence-electron chi connectivity index (χ3n) is 4.04. The maximum atomic E-state index is 12.7. The van der Waals surface area contributed by atoms with Crippen LogP contribution in [-0.2, 0) is 9.47 Å². The van der Waals surface area contributed by atoms with Gasteiger partial charge < -0.3 is 9.47 Å². The molecule has 1 saturated heterocycles. The molecular weight excluding hydrogens is 338 g/mol. The molecule has 1 aliphatic rings. The van der Waals surface area contributed by atoms with E-state index in [9.17, 15) is 14.9 Å². The first-order valence-corrected chi connectivity index (χ1v) is 8.73. The highest BCUT2D eigenvalue weighted by atomic mass is 16.6. The van der Waals surface area contributed by atoms with Gasteiger partial charge in [0.15, 0.2) is 0 Å². The van der Waals surface area contributed by atoms with Crippen LogP contribution in [0.15, 0.2) is 18.2 Å². The number of rotatable bonds is 5. The van der Waals surface area contributed by atoms with Crippen molar-refractivity contribution in [3.8, 4) is 0 Å². The molecule has 1 fully saturated rings. The zero-order valence-corrected chi connectivity index (χ0v) is 15.9. The second-order valence-electron chi connectivity index (χ2n) is 7.31. The first-order chi connectivity index (χ1) is 12.2. The van der Waals surface area contributed by atoms with Crippen molar-refractivity contribution in [1.82, 2.24) is 4.90 Å². The molecule has 0 saturated carbocycles. The number of hydrogen-bond donors (Lipinski definition) is 0. The smallest absolute Gasteiger partial charge is 0.414 e. The Hall–Kier alpha value is -2.19. The van der Waals surface area contributed by atoms with Gasteiger partial charge in [-0.1, -0.05) is 0 Å². The number of hydrogen-bond acceptors (Lipinski definition) is 6. The average molecular weight is 365 g/mol. The molecule has 1 aliphatic heterocycles. The molecule has 2 rings (SSSR count). The Morgan fingerprint density at radius 2 is 2.00 bits per heavy atom. The van der Waals surface area contributed by atoms with E-state index in [4.69, 9.17) is 9.47 Å². The van der Waals surface area contributed by atoms with Crippen LogP contribution in [0.25, 0.3) is 0 Å². The van der Waals surface area contributed by atoms with Crippen LogP contribution in [0.4, 0.5) is 16.2 Å². The molecule has 0 spiro atoms. The average Bonchev–Trinajstić information content (AvgIpc) is 2.55. The van der Waals surface area contributed by atoms with Gasteiger partial charge in [0, 0.05) is 38.3 Å². The second kappa shape index (κ2) is 8.46. The van der Waals surface area contributed by atoms with Crippen molar-refractivity contribution in [2.75, 3.05) is 44.3 Å². The molecule has 0 aromatic heterocycles. The predicted molar refractivity (Wildman–Crippen MR) is 98.7 cm³/mol. The Balaban J connectivity index is 2.21. The topological polar surface area (TPSA) is 85.2 Å². The van der Waals surface area contributed by atoms with Crippen LogP contribution in [0.2, 0.25) is 0 Å². The van der Waals surface area contributed by atoms with Gasteiger partial charge in [-0.05, 0) is 39.3 Å². The van der Waals surface area contributed by atoms with Gasteiger partial charge in [0.2, 0.25) is 0 Å². The molecule has 0 radical (unpaired) electrons. The third-order valence-corrected chi connectivity index (χ3v) is 4.04. The summed E-state index contributed by atoms with van der Waals surface area (Å²) in [6.45, 7) is 11.3. The number of amides is 1. The van der Waals surface area contributed by atoms with Gasteiger partial charge in [0.05, 0.1) is 23.8 Å². The summed E-state index contributed by atoms with van der Waals surface area (Å²) in [6, 6.07) is 4.49. The Labute approximate surface area is 153 Å². The fourth-order valence-corrected chi connectivity index (χ4v) is 2.75. The van der Waals surface area contributed by atoms with Crippen molar-refractivity contribution in [3.63, 3.8) is 0 Å². The van der Waals surface area contributed by atoms with Gasteiger partial charge in [-0.15, -0.1) is 0 Å². The standard InChI is InChI=1S/C18H27N3O5/c1-14-13-15(21(23)24)5-6-16(14)20(17(22)26-18(2,3)4)8-7-19-9-11-25-12-10-19/h5-6,13H,7-12H2,1-4H3. The van der Waals surface area contributed by atoms with Gasteiger partial charge in [0.25, 0.3) is 5.69 Å². The lowest BCUT2D eigenvalue weighted by Crippen LogP contribution is -2.44. The molecular formula is C18H27N3O5. The van der Waals surface area contributed by atoms with Crippen molar-refractivity contribution in [2.45, 2.75) is 33.3 Å². The Morgan fingerprint density at radius 1 is 1.35 bits per heavy atom. The lowest BCUT2D eigenvalue weighted by Gasteiger charge is -2.32. The van der Waals surface area contributed by atoms with E-state index in [0.29, 0.717) is 37.6 Å². The monoisotopic (exact) mass is 365 g/mol. The molecule has 0 unspecified atom stereocenters. The van der Waals surface area contributed by atoms with E-state index in [-0.39, 0.29) is 5.69 Å². The van der Waals surface area contributed by atoms with Crippen molar-refractivity contribution in [3.05, 3.63) is 33.9 Å². The number of nitro groups is 1. The van der Waals surface area contributed by atoms with Crippen molar-refractivity contribution in [2.24, 2.45) is 0 Å². The normalized spacial score (nSPS) is 15.5. The zero-order chi connectivity index (χ0) is 19.3. The van der Waals surface area contributed by atoms with Crippen LogP contribution < -0.4 is 4.90 Å². The number of carbonyl (C=O) groups excluding carboxylic acids is 1. The van der Waals surface area contributed by atoms with Gasteiger partial charge in [-0.25, -0.2) is 4.79 Å². The SMILES string of the molecule is Cc1cc([N+](=O)[O-])ccc1N(CCN1CCOCC1)C(=O)OC(C)(C)C. The lowest BCUT2D eigenvalue weighted by atomic mass is 10.1. The van der Waals surface area contributed by atoms with Gasteiger partial charge in [-0.3, -0.25) is 19.9 Å². The first-order valence-electron chi connectivity index (χ1n) is 8.73. The summed E-state index contributed by atoms with van der Waals surface area (Å²) in [5.74, 6) is 0. The summed E-state index contributed by atoms with van der Waals surface area (Å²) < 4.78 is 10.9. The molecule has 144 valence electrons. The van der Waals surface area contributed by atoms with E-state index in [2.05, 4.69) is 4.90 Å². The summed E-state index contributed by atoms with van der Waals surface area (Å²) in [4.78, 5) is 27.0. The largest absolute Gasteiger partial charge is 0.443 e. The van der Waals surface area contributed by atoms with Gasteiger partial charge >= 0.3 is 6.09 Å². The molecule has 0 bridgehead atoms. The van der Waals surface area contributed by atoms with Crippen LogP contribution in [-0.4, -0.2) is 60.9 Å². The lowest BCUT2D eigenvalue weighted by molar-refractivity contribution is -0.384. The third kappa shape index (κ3) is 5.67. The molecule has 1 aromatic rings. The van der Waals surface area contributed by atoms with Crippen molar-refractivity contribution < 1.29 is 19.2 Å². The molecule has 0 atom stereocenters. The highest BCUT2D eigenvalue weighted by Gasteiger charge is 2.26. The van der Waals surface area contributed by atoms with Crippen molar-refractivity contribution >= 4 is 17.5 Å². The number of anilines is 1. The Kier molecular flexibility index (Phi) is 6.55. The predicted octanol–water partition coefficient (Wildman–Crippen LogP) is 2.98. The Bertz CT molecular complexity index is 651. The maximum absolute atomic E-state index is 12.7. The van der Waals surface area contributed by atoms with Crippen LogP contribution in [0.1, 0.15) is 26.3 Å². The number of carbonyl (C=O) groups is 1. The highest BCUT2D eigenvalue weighted by molar-refractivity contribution is 5.89. The van der Waals surface area contributed by atoms with Crippen LogP contribution in [0.3, 0.4) is 0 Å². The van der Waals surface area contributed by atoms with E-state index in [0.717, 1.165) is 13.1 Å². The first kappa shape index (κ1) is 20.1. The summed E-state index contributed by atoms with van der Waals surface area (Å²) in [7, 11) is 0. The van der Waals surface area contributed by atoms with Crippen LogP contribution in [0, 0.1) is 17.0 Å². The minimum absolute atomic E-state index is 0.00330. The van der Waals surface area contributed by atoms with Gasteiger partial charge in [-0.2, -0.15) is 0 Å². The molecule has 8 nitrogen and oxygen atoms in total. The fourth-order valence-electron chi connectivity index (χ4n) is 2.75. The number of aryl methyl sites for hydroxylation is 1. The van der Waals surface area contributed by atoms with Crippen LogP contribution >= 0.6 is 0 Å². The number of nitrogens with zero attached hydrogens (tertiary/aromatic N) is 3. The number of non-ortho nitro benzene ring substituents is 1. The molecule has 8 heteroatoms. The molecule has 1 heterocycles. The molecule has 0 N–H and O–H groups in total.